The van der Waals surface area contributed by atoms with E-state index in [0.717, 1.165) is 0 Å². The molecule has 0 amide bonds. The molecule has 0 saturated carbocycles. The molecular weight excluding hydrogens is 158 g/mol. The van der Waals surface area contributed by atoms with Gasteiger partial charge in [-0.1, -0.05) is 0 Å². The molecule has 34 valence electrons. The molecule has 0 atom stereocenters. The molecule has 0 rings (SSSR count). The maximum absolute atomic E-state index is 8.81. The Morgan fingerprint density at radius 2 is 1.14 bits per heavy atom. The fourth-order valence-electron chi connectivity index (χ4n) is 0. The van der Waals surface area contributed by atoms with Crippen LogP contribution in [0, 0.1) is 0 Å². The zero-order valence-electron chi connectivity index (χ0n) is 4.08. The van der Waals surface area contributed by atoms with Crippen molar-refractivity contribution in [3.05, 3.63) is 0 Å². The van der Waals surface area contributed by atoms with Gasteiger partial charge in [0.05, 0.1) is 0 Å². The Morgan fingerprint density at radius 3 is 1.14 bits per heavy atom. The first kappa shape index (κ1) is 22.8. The van der Waals surface area contributed by atoms with Gasteiger partial charge >= 0.3 is 59.1 Å². The number of hydrogen-bond donors (Lipinski definition) is 0. The molecule has 0 aliphatic carbocycles. The molecule has 0 saturated heterocycles. The van der Waals surface area contributed by atoms with Crippen molar-refractivity contribution in [2.24, 2.45) is 0 Å². The van der Waals surface area contributed by atoms with E-state index < -0.39 is 9.74 Å². The first-order valence-electron chi connectivity index (χ1n) is 0.500. The van der Waals surface area contributed by atoms with Gasteiger partial charge in [-0.2, -0.15) is 0 Å². The molecule has 7 heteroatoms. The number of hydrogen-bond acceptors (Lipinski definition) is 5. The summed E-state index contributed by atoms with van der Waals surface area (Å²) < 4.78 is 17.6. The van der Waals surface area contributed by atoms with Crippen LogP contribution in [0.5, 0.6) is 0 Å². The molecular formula is HNa2O3S2-. The third-order valence-corrected chi connectivity index (χ3v) is 0. The van der Waals surface area contributed by atoms with Crippen LogP contribution in [0.15, 0.2) is 0 Å². The van der Waals surface area contributed by atoms with Crippen molar-refractivity contribution in [1.29, 1.82) is 0 Å². The van der Waals surface area contributed by atoms with Gasteiger partial charge in [0.1, 0.15) is 0 Å². The second-order valence-corrected chi connectivity index (χ2v) is 1.43. The largest absolute Gasteiger partial charge is 1.00 e. The fraction of sp³-hybridized carbons (Fsp3) is 0. The van der Waals surface area contributed by atoms with Crippen molar-refractivity contribution in [3.8, 4) is 0 Å². The van der Waals surface area contributed by atoms with Gasteiger partial charge in [0.2, 0.25) is 0 Å². The summed E-state index contributed by atoms with van der Waals surface area (Å²) in [5.74, 6) is 0. The SMILES string of the molecule is O=[S-](=O)[S-].[Na+].[Na+].[OH-]. The summed E-state index contributed by atoms with van der Waals surface area (Å²) in [5.41, 5.74) is 0. The van der Waals surface area contributed by atoms with Crippen LogP contribution in [0.2, 0.25) is 0 Å². The normalized spacial score (nSPS) is 4.86. The minimum Gasteiger partial charge on any atom is -0.875 e. The molecule has 0 spiro atoms. The van der Waals surface area contributed by atoms with E-state index in [4.69, 9.17) is 8.42 Å². The molecule has 0 aromatic rings. The Labute approximate surface area is 92.9 Å². The Balaban J connectivity index is -0.0000000150. The minimum absolute atomic E-state index is 0. The Hall–Kier alpha value is 2.26. The summed E-state index contributed by atoms with van der Waals surface area (Å²) in [6.07, 6.45) is 0. The van der Waals surface area contributed by atoms with Crippen LogP contribution >= 0.6 is 0 Å². The van der Waals surface area contributed by atoms with Gasteiger partial charge in [-0.15, -0.1) is 0 Å². The van der Waals surface area contributed by atoms with Crippen molar-refractivity contribution < 1.29 is 73.0 Å². The van der Waals surface area contributed by atoms with Crippen LogP contribution in [0.1, 0.15) is 0 Å². The van der Waals surface area contributed by atoms with Crippen molar-refractivity contribution in [1.82, 2.24) is 0 Å². The maximum Gasteiger partial charge on any atom is 1.00 e. The quantitative estimate of drug-likeness (QED) is 0.200. The van der Waals surface area contributed by atoms with Crippen LogP contribution in [0.3, 0.4) is 0 Å². The topological polar surface area (TPSA) is 64.1 Å². The first-order valence-corrected chi connectivity index (χ1v) is 2.50. The molecule has 7 heavy (non-hydrogen) atoms. The molecule has 0 bridgehead atoms. The Morgan fingerprint density at radius 1 is 1.14 bits per heavy atom. The van der Waals surface area contributed by atoms with Crippen molar-refractivity contribution in [2.75, 3.05) is 0 Å². The van der Waals surface area contributed by atoms with Gasteiger partial charge in [0.15, 0.2) is 0 Å². The van der Waals surface area contributed by atoms with Gasteiger partial charge in [0.25, 0.3) is 0 Å². The average molecular weight is 159 g/mol. The molecule has 0 unspecified atom stereocenters. The first-order chi connectivity index (χ1) is 1.73. The van der Waals surface area contributed by atoms with Crippen LogP contribution < -0.4 is 59.1 Å². The van der Waals surface area contributed by atoms with Gasteiger partial charge in [-0.25, -0.2) is 9.74 Å². The van der Waals surface area contributed by atoms with E-state index in [1.54, 1.807) is 0 Å². The third-order valence-electron chi connectivity index (χ3n) is 0. The maximum atomic E-state index is 8.81. The van der Waals surface area contributed by atoms with Crippen LogP contribution in [-0.4, -0.2) is 5.48 Å². The molecule has 0 radical (unpaired) electrons. The van der Waals surface area contributed by atoms with E-state index in [2.05, 4.69) is 11.7 Å². The fourth-order valence-corrected chi connectivity index (χ4v) is 0. The number of rotatable bonds is 0. The van der Waals surface area contributed by atoms with Crippen molar-refractivity contribution in [2.45, 2.75) is 0 Å². The standard InChI is InChI=1S/2Na.O2S2.H2O/c;;1-4(2)3;/h;;;1H2/q2*+1;-2;/p-1. The zero-order valence-corrected chi connectivity index (χ0v) is 9.71. The van der Waals surface area contributed by atoms with Crippen molar-refractivity contribution in [3.63, 3.8) is 0 Å². The van der Waals surface area contributed by atoms with E-state index in [1.807, 2.05) is 0 Å². The smallest absolute Gasteiger partial charge is 0.875 e. The molecule has 0 aliphatic rings. The summed E-state index contributed by atoms with van der Waals surface area (Å²) in [4.78, 5) is 0. The summed E-state index contributed by atoms with van der Waals surface area (Å²) in [5, 5.41) is 0. The Kier molecular flexibility index (Phi) is 51.3. The average Bonchev–Trinajstić information content (AvgIpc) is 0.811. The summed E-state index contributed by atoms with van der Waals surface area (Å²) >= 11 is 3.54. The molecule has 0 aromatic carbocycles. The second kappa shape index (κ2) is 15.7. The van der Waals surface area contributed by atoms with Crippen LogP contribution in [0.4, 0.5) is 0 Å². The second-order valence-electron chi connectivity index (χ2n) is 0.204. The monoisotopic (exact) mass is 159 g/mol. The Bertz CT molecular complexity index is 59.3. The van der Waals surface area contributed by atoms with Gasteiger partial charge in [-0.3, -0.25) is 0 Å². The predicted octanol–water partition coefficient (Wildman–Crippen LogP) is -6.41. The molecule has 1 N–H and O–H groups in total. The molecule has 0 aliphatic heterocycles. The molecule has 0 fully saturated rings. The summed E-state index contributed by atoms with van der Waals surface area (Å²) in [7, 11) is -2.28. The van der Waals surface area contributed by atoms with Gasteiger partial charge in [-0.05, 0) is 0 Å². The molecule has 0 aromatic heterocycles. The molecule has 0 heterocycles. The van der Waals surface area contributed by atoms with Crippen LogP contribution in [0.25, 0.3) is 0 Å². The zero-order chi connectivity index (χ0) is 3.58. The van der Waals surface area contributed by atoms with E-state index in [1.165, 1.54) is 0 Å². The third kappa shape index (κ3) is 63.4. The predicted molar refractivity (Wildman–Crippen MR) is 18.0 cm³/mol. The van der Waals surface area contributed by atoms with E-state index in [9.17, 15) is 0 Å². The van der Waals surface area contributed by atoms with E-state index >= 15 is 0 Å². The summed E-state index contributed by atoms with van der Waals surface area (Å²) in [6.45, 7) is 0. The minimum atomic E-state index is -2.28. The molecule has 3 nitrogen and oxygen atoms in total. The summed E-state index contributed by atoms with van der Waals surface area (Å²) in [6, 6.07) is 0. The van der Waals surface area contributed by atoms with E-state index in [0.29, 0.717) is 0 Å². The van der Waals surface area contributed by atoms with Gasteiger partial charge < -0.3 is 25.6 Å². The van der Waals surface area contributed by atoms with E-state index in [-0.39, 0.29) is 64.6 Å². The van der Waals surface area contributed by atoms with Crippen LogP contribution in [-0.2, 0) is 29.8 Å². The van der Waals surface area contributed by atoms with Crippen molar-refractivity contribution >= 4 is 21.4 Å². The van der Waals surface area contributed by atoms with Gasteiger partial charge in [0, 0.05) is 0 Å².